The van der Waals surface area contributed by atoms with E-state index in [0.717, 1.165) is 39.9 Å². The zero-order valence-corrected chi connectivity index (χ0v) is 18.8. The Hall–Kier alpha value is -2.86. The standard InChI is InChI=1S/C28H27ClN2/c1-20(17-21(2)30-18-23-3-4-23)24-8-5-22(6-9-24)7-15-28-16-12-26(19-31-28)25-10-13-27(29)14-11-25/h5-6,8-14,16-17,19,21,23,30H,3-4,18H2,1-2H3/t21-/m1/s1. The third-order valence-electron chi connectivity index (χ3n) is 5.54. The van der Waals surface area contributed by atoms with E-state index in [1.807, 2.05) is 42.6 Å². The monoisotopic (exact) mass is 426 g/mol. The number of aromatic nitrogens is 1. The van der Waals surface area contributed by atoms with Gasteiger partial charge in [0.2, 0.25) is 0 Å². The van der Waals surface area contributed by atoms with Crippen molar-refractivity contribution in [2.24, 2.45) is 5.92 Å². The third-order valence-corrected chi connectivity index (χ3v) is 5.79. The number of allylic oxidation sites excluding steroid dienone is 1. The summed E-state index contributed by atoms with van der Waals surface area (Å²) in [7, 11) is 0. The van der Waals surface area contributed by atoms with Gasteiger partial charge in [-0.15, -0.1) is 0 Å². The Morgan fingerprint density at radius 2 is 1.74 bits per heavy atom. The molecule has 1 N–H and O–H groups in total. The Balaban J connectivity index is 1.38. The van der Waals surface area contributed by atoms with Crippen molar-refractivity contribution in [3.63, 3.8) is 0 Å². The first-order chi connectivity index (χ1) is 15.1. The van der Waals surface area contributed by atoms with Crippen LogP contribution in [0.3, 0.4) is 0 Å². The van der Waals surface area contributed by atoms with Gasteiger partial charge in [0.05, 0.1) is 0 Å². The molecule has 1 aliphatic carbocycles. The van der Waals surface area contributed by atoms with Crippen LogP contribution < -0.4 is 5.32 Å². The Morgan fingerprint density at radius 1 is 1.03 bits per heavy atom. The summed E-state index contributed by atoms with van der Waals surface area (Å²) < 4.78 is 0. The van der Waals surface area contributed by atoms with E-state index in [0.29, 0.717) is 6.04 Å². The van der Waals surface area contributed by atoms with Crippen molar-refractivity contribution < 1.29 is 0 Å². The summed E-state index contributed by atoms with van der Waals surface area (Å²) in [6, 6.07) is 20.6. The Kier molecular flexibility index (Phi) is 6.87. The van der Waals surface area contributed by atoms with Crippen LogP contribution in [0.15, 0.2) is 72.9 Å². The van der Waals surface area contributed by atoms with Crippen molar-refractivity contribution in [3.05, 3.63) is 94.8 Å². The van der Waals surface area contributed by atoms with Crippen LogP contribution in [0.1, 0.15) is 43.5 Å². The smallest absolute Gasteiger partial charge is 0.113 e. The van der Waals surface area contributed by atoms with Gasteiger partial charge in [-0.2, -0.15) is 0 Å². The molecule has 0 spiro atoms. The Bertz CT molecular complexity index is 1100. The molecule has 0 radical (unpaired) electrons. The Labute approximate surface area is 190 Å². The van der Waals surface area contributed by atoms with Crippen LogP contribution in [0.25, 0.3) is 16.7 Å². The predicted molar refractivity (Wildman–Crippen MR) is 131 cm³/mol. The summed E-state index contributed by atoms with van der Waals surface area (Å²) in [5.41, 5.74) is 6.40. The molecule has 1 atom stereocenters. The van der Waals surface area contributed by atoms with Crippen LogP contribution in [0, 0.1) is 17.8 Å². The van der Waals surface area contributed by atoms with Crippen molar-refractivity contribution in [2.45, 2.75) is 32.7 Å². The number of halogens is 1. The first-order valence-corrected chi connectivity index (χ1v) is 11.2. The van der Waals surface area contributed by atoms with Crippen LogP contribution in [0.4, 0.5) is 0 Å². The lowest BCUT2D eigenvalue weighted by Gasteiger charge is -2.11. The third kappa shape index (κ3) is 6.31. The summed E-state index contributed by atoms with van der Waals surface area (Å²) in [5, 5.41) is 4.33. The molecule has 1 aromatic heterocycles. The molecule has 31 heavy (non-hydrogen) atoms. The van der Waals surface area contributed by atoms with E-state index in [1.54, 1.807) is 0 Å². The van der Waals surface area contributed by atoms with Gasteiger partial charge in [-0.1, -0.05) is 53.9 Å². The van der Waals surface area contributed by atoms with E-state index < -0.39 is 0 Å². The van der Waals surface area contributed by atoms with Crippen LogP contribution in [-0.2, 0) is 0 Å². The first-order valence-electron chi connectivity index (χ1n) is 10.8. The minimum Gasteiger partial charge on any atom is -0.311 e. The number of benzene rings is 2. The summed E-state index contributed by atoms with van der Waals surface area (Å²) >= 11 is 5.96. The molecule has 0 bridgehead atoms. The van der Waals surface area contributed by atoms with Gasteiger partial charge >= 0.3 is 0 Å². The molecule has 0 amide bonds. The van der Waals surface area contributed by atoms with E-state index in [9.17, 15) is 0 Å². The van der Waals surface area contributed by atoms with E-state index in [1.165, 1.54) is 24.0 Å². The van der Waals surface area contributed by atoms with Gasteiger partial charge in [0, 0.05) is 28.4 Å². The second-order valence-corrected chi connectivity index (χ2v) is 8.69. The lowest BCUT2D eigenvalue weighted by atomic mass is 10.0. The van der Waals surface area contributed by atoms with Crippen LogP contribution in [-0.4, -0.2) is 17.6 Å². The molecule has 1 heterocycles. The van der Waals surface area contributed by atoms with E-state index >= 15 is 0 Å². The van der Waals surface area contributed by atoms with Gasteiger partial charge in [0.1, 0.15) is 5.69 Å². The number of pyridine rings is 1. The molecule has 1 fully saturated rings. The van der Waals surface area contributed by atoms with Crippen LogP contribution in [0.5, 0.6) is 0 Å². The van der Waals surface area contributed by atoms with Gasteiger partial charge in [0.25, 0.3) is 0 Å². The zero-order chi connectivity index (χ0) is 21.6. The lowest BCUT2D eigenvalue weighted by molar-refractivity contribution is 0.596. The average Bonchev–Trinajstić information content (AvgIpc) is 3.62. The van der Waals surface area contributed by atoms with Crippen LogP contribution >= 0.6 is 11.6 Å². The molecular formula is C28H27ClN2. The SMILES string of the molecule is CC(=C[C@@H](C)NCC1CC1)c1ccc(C#Cc2ccc(-c3ccc(Cl)cc3)cn2)cc1. The fourth-order valence-electron chi connectivity index (χ4n) is 3.44. The summed E-state index contributed by atoms with van der Waals surface area (Å²) in [4.78, 5) is 4.48. The van der Waals surface area contributed by atoms with E-state index in [-0.39, 0.29) is 0 Å². The van der Waals surface area contributed by atoms with Crippen molar-refractivity contribution in [2.75, 3.05) is 6.54 Å². The molecule has 1 aliphatic rings. The van der Waals surface area contributed by atoms with Crippen LogP contribution in [0.2, 0.25) is 5.02 Å². The molecule has 1 saturated carbocycles. The van der Waals surface area contributed by atoms with E-state index in [4.69, 9.17) is 11.6 Å². The largest absolute Gasteiger partial charge is 0.311 e. The average molecular weight is 427 g/mol. The molecule has 3 heteroatoms. The number of rotatable bonds is 6. The highest BCUT2D eigenvalue weighted by Crippen LogP contribution is 2.27. The zero-order valence-electron chi connectivity index (χ0n) is 18.0. The normalized spacial score (nSPS) is 14.6. The van der Waals surface area contributed by atoms with Crippen molar-refractivity contribution in [3.8, 4) is 23.0 Å². The number of nitrogens with zero attached hydrogens (tertiary/aromatic N) is 1. The van der Waals surface area contributed by atoms with Gasteiger partial charge < -0.3 is 5.32 Å². The highest BCUT2D eigenvalue weighted by molar-refractivity contribution is 6.30. The summed E-state index contributed by atoms with van der Waals surface area (Å²) in [6.07, 6.45) is 6.91. The quantitative estimate of drug-likeness (QED) is 0.449. The molecule has 156 valence electrons. The molecule has 3 aromatic rings. The maximum absolute atomic E-state index is 5.96. The maximum Gasteiger partial charge on any atom is 0.113 e. The van der Waals surface area contributed by atoms with Gasteiger partial charge in [-0.25, -0.2) is 4.98 Å². The van der Waals surface area contributed by atoms with Gasteiger partial charge in [-0.3, -0.25) is 0 Å². The number of hydrogen-bond donors (Lipinski definition) is 1. The molecule has 0 unspecified atom stereocenters. The maximum atomic E-state index is 5.96. The molecule has 4 rings (SSSR count). The van der Waals surface area contributed by atoms with Crippen molar-refractivity contribution in [1.29, 1.82) is 0 Å². The second-order valence-electron chi connectivity index (χ2n) is 8.26. The predicted octanol–water partition coefficient (Wildman–Crippen LogP) is 6.59. The van der Waals surface area contributed by atoms with Gasteiger partial charge in [-0.05, 0) is 92.1 Å². The highest BCUT2D eigenvalue weighted by Gasteiger charge is 2.20. The fraction of sp³-hybridized carbons (Fsp3) is 0.250. The minimum atomic E-state index is 0.391. The molecular weight excluding hydrogens is 400 g/mol. The Morgan fingerprint density at radius 3 is 2.39 bits per heavy atom. The fourth-order valence-corrected chi connectivity index (χ4v) is 3.56. The number of hydrogen-bond acceptors (Lipinski definition) is 2. The lowest BCUT2D eigenvalue weighted by Crippen LogP contribution is -2.26. The molecule has 0 saturated heterocycles. The summed E-state index contributed by atoms with van der Waals surface area (Å²) in [5.74, 6) is 7.27. The van der Waals surface area contributed by atoms with Gasteiger partial charge in [0.15, 0.2) is 0 Å². The first kappa shape index (κ1) is 21.4. The topological polar surface area (TPSA) is 24.9 Å². The summed E-state index contributed by atoms with van der Waals surface area (Å²) in [6.45, 7) is 5.52. The highest BCUT2D eigenvalue weighted by atomic mass is 35.5. The molecule has 2 aromatic carbocycles. The van der Waals surface area contributed by atoms with Crippen molar-refractivity contribution >= 4 is 17.2 Å². The van der Waals surface area contributed by atoms with E-state index in [2.05, 4.69) is 66.3 Å². The molecule has 2 nitrogen and oxygen atoms in total. The van der Waals surface area contributed by atoms with Crippen molar-refractivity contribution in [1.82, 2.24) is 10.3 Å². The number of nitrogens with one attached hydrogen (secondary N) is 1. The minimum absolute atomic E-state index is 0.391. The second kappa shape index (κ2) is 9.96. The molecule has 0 aliphatic heterocycles.